The van der Waals surface area contributed by atoms with Crippen LogP contribution >= 0.6 is 0 Å². The molecule has 0 aliphatic rings. The number of hydrogen-bond acceptors (Lipinski definition) is 3. The second-order valence-corrected chi connectivity index (χ2v) is 6.11. The molecule has 0 aromatic carbocycles. The van der Waals surface area contributed by atoms with E-state index in [4.69, 9.17) is 0 Å². The van der Waals surface area contributed by atoms with Gasteiger partial charge in [0.2, 0.25) is 5.91 Å². The van der Waals surface area contributed by atoms with Gasteiger partial charge in [-0.25, -0.2) is 0 Å². The minimum Gasteiger partial charge on any atom is -0.355 e. The molecule has 0 spiro atoms. The van der Waals surface area contributed by atoms with Crippen LogP contribution < -0.4 is 10.6 Å². The number of unbranched alkanes of at least 4 members (excludes halogenated alkanes) is 2. The van der Waals surface area contributed by atoms with Crippen molar-refractivity contribution in [1.82, 2.24) is 15.5 Å². The number of hydrogen-bond donors (Lipinski definition) is 2. The van der Waals surface area contributed by atoms with Crippen molar-refractivity contribution >= 4 is 5.91 Å². The van der Waals surface area contributed by atoms with Crippen LogP contribution in [-0.2, 0) is 4.79 Å². The van der Waals surface area contributed by atoms with Crippen molar-refractivity contribution in [3.63, 3.8) is 0 Å². The summed E-state index contributed by atoms with van der Waals surface area (Å²) in [5.41, 5.74) is 0. The highest BCUT2D eigenvalue weighted by Gasteiger charge is 2.06. The molecule has 0 fully saturated rings. The Morgan fingerprint density at radius 3 is 2.26 bits per heavy atom. The van der Waals surface area contributed by atoms with E-state index < -0.39 is 0 Å². The van der Waals surface area contributed by atoms with Crippen LogP contribution in [0.5, 0.6) is 0 Å². The average Bonchev–Trinajstić information content (AvgIpc) is 2.25. The van der Waals surface area contributed by atoms with Crippen molar-refractivity contribution in [2.24, 2.45) is 5.92 Å². The lowest BCUT2D eigenvalue weighted by Gasteiger charge is -2.18. The molecule has 0 aromatic heterocycles. The van der Waals surface area contributed by atoms with Crippen LogP contribution in [0, 0.1) is 5.92 Å². The van der Waals surface area contributed by atoms with Gasteiger partial charge in [0.15, 0.2) is 0 Å². The summed E-state index contributed by atoms with van der Waals surface area (Å²) < 4.78 is 0. The topological polar surface area (TPSA) is 44.4 Å². The summed E-state index contributed by atoms with van der Waals surface area (Å²) >= 11 is 0. The molecule has 2 N–H and O–H groups in total. The van der Waals surface area contributed by atoms with E-state index in [1.807, 2.05) is 7.05 Å². The third-order valence-electron chi connectivity index (χ3n) is 2.82. The van der Waals surface area contributed by atoms with Crippen molar-refractivity contribution in [2.75, 3.05) is 33.2 Å². The van der Waals surface area contributed by atoms with Gasteiger partial charge in [-0.2, -0.15) is 0 Å². The number of nitrogens with zero attached hydrogens (tertiary/aromatic N) is 1. The van der Waals surface area contributed by atoms with E-state index in [0.29, 0.717) is 18.5 Å². The quantitative estimate of drug-likeness (QED) is 0.564. The highest BCUT2D eigenvalue weighted by molar-refractivity contribution is 5.77. The molecule has 0 aliphatic heterocycles. The fourth-order valence-corrected chi connectivity index (χ4v) is 2.03. The second kappa shape index (κ2) is 11.2. The zero-order valence-electron chi connectivity index (χ0n) is 13.5. The van der Waals surface area contributed by atoms with Gasteiger partial charge in [0, 0.05) is 19.1 Å². The minimum absolute atomic E-state index is 0.142. The van der Waals surface area contributed by atoms with Gasteiger partial charge in [0.1, 0.15) is 0 Å². The fraction of sp³-hybridized carbons (Fsp3) is 0.933. The van der Waals surface area contributed by atoms with Gasteiger partial charge in [-0.1, -0.05) is 34.1 Å². The Morgan fingerprint density at radius 1 is 1.05 bits per heavy atom. The molecule has 0 aliphatic carbocycles. The summed E-state index contributed by atoms with van der Waals surface area (Å²) in [5, 5.41) is 6.38. The van der Waals surface area contributed by atoms with Crippen LogP contribution in [0.1, 0.15) is 47.0 Å². The van der Waals surface area contributed by atoms with E-state index in [1.54, 1.807) is 0 Å². The number of carbonyl (C=O) groups is 1. The Hall–Kier alpha value is -0.610. The number of likely N-dealkylation sites (N-methyl/N-ethyl adjacent to an activating group) is 1. The SMILES string of the molecule is CC(C)CN(C)CC(=O)NCCCCCNC(C)C. The summed E-state index contributed by atoms with van der Waals surface area (Å²) in [7, 11) is 2.00. The maximum absolute atomic E-state index is 11.6. The third-order valence-corrected chi connectivity index (χ3v) is 2.82. The molecular formula is C15H33N3O. The largest absolute Gasteiger partial charge is 0.355 e. The molecule has 0 atom stereocenters. The molecule has 0 radical (unpaired) electrons. The summed E-state index contributed by atoms with van der Waals surface area (Å²) in [6.45, 7) is 12.0. The van der Waals surface area contributed by atoms with Crippen molar-refractivity contribution in [3.8, 4) is 0 Å². The van der Waals surface area contributed by atoms with Gasteiger partial charge < -0.3 is 10.6 Å². The number of amides is 1. The van der Waals surface area contributed by atoms with Gasteiger partial charge >= 0.3 is 0 Å². The third kappa shape index (κ3) is 13.6. The maximum Gasteiger partial charge on any atom is 0.234 e. The Kier molecular flexibility index (Phi) is 10.9. The van der Waals surface area contributed by atoms with Gasteiger partial charge in [-0.05, 0) is 32.4 Å². The summed E-state index contributed by atoms with van der Waals surface area (Å²) in [5.74, 6) is 0.745. The van der Waals surface area contributed by atoms with Gasteiger partial charge in [-0.15, -0.1) is 0 Å². The second-order valence-electron chi connectivity index (χ2n) is 6.11. The van der Waals surface area contributed by atoms with E-state index in [0.717, 1.165) is 26.1 Å². The first-order valence-corrected chi connectivity index (χ1v) is 7.60. The smallest absolute Gasteiger partial charge is 0.234 e. The summed E-state index contributed by atoms with van der Waals surface area (Å²) in [6.07, 6.45) is 3.42. The number of carbonyl (C=O) groups excluding carboxylic acids is 1. The minimum atomic E-state index is 0.142. The molecule has 0 unspecified atom stereocenters. The summed E-state index contributed by atoms with van der Waals surface area (Å²) in [6, 6.07) is 0.566. The Bertz CT molecular complexity index is 229. The standard InChI is InChI=1S/C15H33N3O/c1-13(2)11-18(5)12-15(19)17-10-8-6-7-9-16-14(3)4/h13-14,16H,6-12H2,1-5H3,(H,17,19). The molecular weight excluding hydrogens is 238 g/mol. The maximum atomic E-state index is 11.6. The van der Waals surface area contributed by atoms with Crippen molar-refractivity contribution in [1.29, 1.82) is 0 Å². The highest BCUT2D eigenvalue weighted by atomic mass is 16.2. The zero-order valence-corrected chi connectivity index (χ0v) is 13.5. The first-order valence-electron chi connectivity index (χ1n) is 7.60. The normalized spacial score (nSPS) is 11.6. The van der Waals surface area contributed by atoms with Gasteiger partial charge in [0.05, 0.1) is 6.54 Å². The van der Waals surface area contributed by atoms with Gasteiger partial charge in [-0.3, -0.25) is 9.69 Å². The van der Waals surface area contributed by atoms with Crippen LogP contribution in [0.15, 0.2) is 0 Å². The molecule has 0 aromatic rings. The highest BCUT2D eigenvalue weighted by Crippen LogP contribution is 1.96. The molecule has 0 bridgehead atoms. The first-order chi connectivity index (χ1) is 8.91. The van der Waals surface area contributed by atoms with E-state index in [-0.39, 0.29) is 5.91 Å². The Labute approximate surface area is 119 Å². The molecule has 4 heteroatoms. The van der Waals surface area contributed by atoms with Gasteiger partial charge in [0.25, 0.3) is 0 Å². The van der Waals surface area contributed by atoms with Crippen LogP contribution in [-0.4, -0.2) is 50.1 Å². The number of rotatable bonds is 11. The van der Waals surface area contributed by atoms with Crippen molar-refractivity contribution < 1.29 is 4.79 Å². The molecule has 0 saturated carbocycles. The molecule has 4 nitrogen and oxygen atoms in total. The fourth-order valence-electron chi connectivity index (χ4n) is 2.03. The van der Waals surface area contributed by atoms with Crippen LogP contribution in [0.3, 0.4) is 0 Å². The Morgan fingerprint density at radius 2 is 1.68 bits per heavy atom. The predicted octanol–water partition coefficient (Wildman–Crippen LogP) is 1.86. The molecule has 0 heterocycles. The lowest BCUT2D eigenvalue weighted by Crippen LogP contribution is -2.37. The predicted molar refractivity (Wildman–Crippen MR) is 82.3 cm³/mol. The van der Waals surface area contributed by atoms with Crippen molar-refractivity contribution in [2.45, 2.75) is 53.0 Å². The van der Waals surface area contributed by atoms with Crippen molar-refractivity contribution in [3.05, 3.63) is 0 Å². The van der Waals surface area contributed by atoms with E-state index in [9.17, 15) is 4.79 Å². The molecule has 114 valence electrons. The summed E-state index contributed by atoms with van der Waals surface area (Å²) in [4.78, 5) is 13.7. The Balaban J connectivity index is 3.38. The van der Waals surface area contributed by atoms with E-state index >= 15 is 0 Å². The monoisotopic (exact) mass is 271 g/mol. The molecule has 1 amide bonds. The molecule has 0 saturated heterocycles. The molecule has 19 heavy (non-hydrogen) atoms. The number of nitrogens with one attached hydrogen (secondary N) is 2. The average molecular weight is 271 g/mol. The van der Waals surface area contributed by atoms with Crippen LogP contribution in [0.4, 0.5) is 0 Å². The van der Waals surface area contributed by atoms with E-state index in [2.05, 4.69) is 43.2 Å². The lowest BCUT2D eigenvalue weighted by atomic mass is 10.2. The van der Waals surface area contributed by atoms with Crippen LogP contribution in [0.2, 0.25) is 0 Å². The first kappa shape index (κ1) is 18.4. The lowest BCUT2D eigenvalue weighted by molar-refractivity contribution is -0.122. The molecule has 0 rings (SSSR count). The van der Waals surface area contributed by atoms with E-state index in [1.165, 1.54) is 12.8 Å². The zero-order chi connectivity index (χ0) is 14.7. The van der Waals surface area contributed by atoms with Crippen LogP contribution in [0.25, 0.3) is 0 Å².